The minimum atomic E-state index is 0.00783. The van der Waals surface area contributed by atoms with Gasteiger partial charge < -0.3 is 18.9 Å². The number of aromatic nitrogens is 3. The number of nitrogens with zero attached hydrogens (tertiary/aromatic N) is 4. The SMILES string of the molecule is Cc1ccc(C(=O)N2CCCC(c3nc(CCOCC4CCOCC4)no3)C2)cn1. The molecule has 4 heterocycles. The van der Waals surface area contributed by atoms with Gasteiger partial charge in [0.05, 0.1) is 18.1 Å². The molecule has 1 amide bonds. The Balaban J connectivity index is 1.26. The fourth-order valence-electron chi connectivity index (χ4n) is 4.00. The Morgan fingerprint density at radius 3 is 2.93 bits per heavy atom. The van der Waals surface area contributed by atoms with Gasteiger partial charge in [0.1, 0.15) is 0 Å². The molecule has 0 aliphatic carbocycles. The minimum Gasteiger partial charge on any atom is -0.381 e. The van der Waals surface area contributed by atoms with Gasteiger partial charge in [0.15, 0.2) is 5.82 Å². The average Bonchev–Trinajstić information content (AvgIpc) is 3.27. The van der Waals surface area contributed by atoms with Crippen LogP contribution in [0.25, 0.3) is 0 Å². The fraction of sp³-hybridized carbons (Fsp3) is 0.636. The van der Waals surface area contributed by atoms with E-state index in [0.29, 0.717) is 42.8 Å². The van der Waals surface area contributed by atoms with E-state index in [0.717, 1.165) is 57.7 Å². The van der Waals surface area contributed by atoms with Crippen molar-refractivity contribution in [3.63, 3.8) is 0 Å². The Bertz CT molecular complexity index is 817. The standard InChI is InChI=1S/C22H30N4O4/c1-16-4-5-18(13-23-16)22(27)26-9-2-3-19(14-26)21-24-20(25-30-21)8-12-29-15-17-6-10-28-11-7-17/h4-5,13,17,19H,2-3,6-12,14-15H2,1H3. The van der Waals surface area contributed by atoms with E-state index in [1.54, 1.807) is 6.20 Å². The van der Waals surface area contributed by atoms with E-state index in [4.69, 9.17) is 14.0 Å². The highest BCUT2D eigenvalue weighted by Gasteiger charge is 2.29. The summed E-state index contributed by atoms with van der Waals surface area (Å²) in [5.74, 6) is 1.96. The van der Waals surface area contributed by atoms with Crippen LogP contribution >= 0.6 is 0 Å². The molecule has 0 aromatic carbocycles. The molecule has 1 atom stereocenters. The molecular weight excluding hydrogens is 384 g/mol. The fourth-order valence-corrected chi connectivity index (χ4v) is 4.00. The number of amides is 1. The van der Waals surface area contributed by atoms with Crippen LogP contribution in [0.3, 0.4) is 0 Å². The first-order valence-electron chi connectivity index (χ1n) is 10.9. The molecule has 2 aromatic heterocycles. The van der Waals surface area contributed by atoms with Crippen molar-refractivity contribution in [2.45, 2.75) is 44.9 Å². The van der Waals surface area contributed by atoms with Crippen LogP contribution < -0.4 is 0 Å². The third kappa shape index (κ3) is 5.43. The van der Waals surface area contributed by atoms with Gasteiger partial charge in [-0.2, -0.15) is 4.98 Å². The molecule has 2 fully saturated rings. The number of hydrogen-bond donors (Lipinski definition) is 0. The van der Waals surface area contributed by atoms with Gasteiger partial charge in [0.25, 0.3) is 5.91 Å². The molecule has 0 N–H and O–H groups in total. The summed E-state index contributed by atoms with van der Waals surface area (Å²) in [4.78, 5) is 23.5. The summed E-state index contributed by atoms with van der Waals surface area (Å²) in [5.41, 5.74) is 1.52. The molecule has 2 saturated heterocycles. The lowest BCUT2D eigenvalue weighted by Crippen LogP contribution is -2.39. The van der Waals surface area contributed by atoms with Crippen LogP contribution in [0, 0.1) is 12.8 Å². The van der Waals surface area contributed by atoms with Crippen LogP contribution in [0.15, 0.2) is 22.9 Å². The molecule has 0 radical (unpaired) electrons. The Labute approximate surface area is 177 Å². The molecule has 1 unspecified atom stereocenters. The first kappa shape index (κ1) is 20.9. The number of carbonyl (C=O) groups is 1. The lowest BCUT2D eigenvalue weighted by atomic mass is 9.97. The van der Waals surface area contributed by atoms with Crippen LogP contribution in [-0.2, 0) is 15.9 Å². The number of rotatable bonds is 7. The highest BCUT2D eigenvalue weighted by atomic mass is 16.5. The van der Waals surface area contributed by atoms with Crippen molar-refractivity contribution in [1.29, 1.82) is 0 Å². The zero-order valence-electron chi connectivity index (χ0n) is 17.6. The van der Waals surface area contributed by atoms with E-state index in [9.17, 15) is 4.79 Å². The highest BCUT2D eigenvalue weighted by molar-refractivity contribution is 5.94. The van der Waals surface area contributed by atoms with E-state index in [1.165, 1.54) is 0 Å². The normalized spacial score (nSPS) is 20.4. The molecule has 0 saturated carbocycles. The van der Waals surface area contributed by atoms with Gasteiger partial charge >= 0.3 is 0 Å². The van der Waals surface area contributed by atoms with E-state index >= 15 is 0 Å². The Hall–Kier alpha value is -2.32. The van der Waals surface area contributed by atoms with Crippen LogP contribution in [0.4, 0.5) is 0 Å². The monoisotopic (exact) mass is 414 g/mol. The number of ether oxygens (including phenoxy) is 2. The molecule has 162 valence electrons. The number of aryl methyl sites for hydroxylation is 1. The maximum absolute atomic E-state index is 12.8. The van der Waals surface area contributed by atoms with Crippen molar-refractivity contribution in [2.24, 2.45) is 5.92 Å². The predicted octanol–water partition coefficient (Wildman–Crippen LogP) is 2.78. The predicted molar refractivity (Wildman–Crippen MR) is 109 cm³/mol. The molecule has 2 aliphatic rings. The number of carbonyl (C=O) groups excluding carboxylic acids is 1. The van der Waals surface area contributed by atoms with Crippen molar-refractivity contribution in [3.8, 4) is 0 Å². The van der Waals surface area contributed by atoms with Gasteiger partial charge in [-0.05, 0) is 50.7 Å². The largest absolute Gasteiger partial charge is 0.381 e. The summed E-state index contributed by atoms with van der Waals surface area (Å²) >= 11 is 0. The van der Waals surface area contributed by atoms with Crippen LogP contribution in [0.1, 0.15) is 59.4 Å². The maximum atomic E-state index is 12.8. The second-order valence-corrected chi connectivity index (χ2v) is 8.21. The van der Waals surface area contributed by atoms with Gasteiger partial charge in [-0.25, -0.2) is 0 Å². The van der Waals surface area contributed by atoms with Crippen molar-refractivity contribution in [3.05, 3.63) is 41.3 Å². The molecule has 8 nitrogen and oxygen atoms in total. The van der Waals surface area contributed by atoms with Crippen molar-refractivity contribution < 1.29 is 18.8 Å². The van der Waals surface area contributed by atoms with Gasteiger partial charge in [0.2, 0.25) is 5.89 Å². The van der Waals surface area contributed by atoms with Gasteiger partial charge in [-0.3, -0.25) is 9.78 Å². The quantitative estimate of drug-likeness (QED) is 0.644. The highest BCUT2D eigenvalue weighted by Crippen LogP contribution is 2.26. The lowest BCUT2D eigenvalue weighted by Gasteiger charge is -2.31. The average molecular weight is 415 g/mol. The number of likely N-dealkylation sites (tertiary alicyclic amines) is 1. The molecule has 0 bridgehead atoms. The molecule has 30 heavy (non-hydrogen) atoms. The van der Waals surface area contributed by atoms with Crippen LogP contribution in [0.2, 0.25) is 0 Å². The molecule has 2 aliphatic heterocycles. The molecule has 0 spiro atoms. The summed E-state index contributed by atoms with van der Waals surface area (Å²) in [6.07, 6.45) is 6.28. The third-order valence-electron chi connectivity index (χ3n) is 5.86. The second-order valence-electron chi connectivity index (χ2n) is 8.21. The summed E-state index contributed by atoms with van der Waals surface area (Å²) in [7, 11) is 0. The van der Waals surface area contributed by atoms with E-state index in [2.05, 4.69) is 15.1 Å². The summed E-state index contributed by atoms with van der Waals surface area (Å²) in [5, 5.41) is 4.11. The second kappa shape index (κ2) is 10.1. The molecule has 2 aromatic rings. The number of hydrogen-bond acceptors (Lipinski definition) is 7. The first-order chi connectivity index (χ1) is 14.7. The van der Waals surface area contributed by atoms with Gasteiger partial charge in [-0.1, -0.05) is 5.16 Å². The zero-order chi connectivity index (χ0) is 20.8. The summed E-state index contributed by atoms with van der Waals surface area (Å²) < 4.78 is 16.7. The summed E-state index contributed by atoms with van der Waals surface area (Å²) in [6, 6.07) is 3.70. The number of piperidine rings is 1. The topological polar surface area (TPSA) is 90.6 Å². The van der Waals surface area contributed by atoms with E-state index < -0.39 is 0 Å². The third-order valence-corrected chi connectivity index (χ3v) is 5.86. The molecular formula is C22H30N4O4. The molecule has 8 heteroatoms. The Kier molecular flexibility index (Phi) is 7.07. The van der Waals surface area contributed by atoms with Crippen molar-refractivity contribution >= 4 is 5.91 Å². The van der Waals surface area contributed by atoms with Crippen molar-refractivity contribution in [1.82, 2.24) is 20.0 Å². The maximum Gasteiger partial charge on any atom is 0.255 e. The van der Waals surface area contributed by atoms with Crippen molar-refractivity contribution in [2.75, 3.05) is 39.5 Å². The van der Waals surface area contributed by atoms with E-state index in [1.807, 2.05) is 24.0 Å². The smallest absolute Gasteiger partial charge is 0.255 e. The van der Waals surface area contributed by atoms with Gasteiger partial charge in [-0.15, -0.1) is 0 Å². The Morgan fingerprint density at radius 1 is 1.27 bits per heavy atom. The van der Waals surface area contributed by atoms with Gasteiger partial charge in [0, 0.05) is 51.2 Å². The van der Waals surface area contributed by atoms with Crippen LogP contribution in [0.5, 0.6) is 0 Å². The minimum absolute atomic E-state index is 0.00783. The van der Waals surface area contributed by atoms with Crippen LogP contribution in [-0.4, -0.2) is 65.4 Å². The van der Waals surface area contributed by atoms with E-state index in [-0.39, 0.29) is 11.8 Å². The number of pyridine rings is 1. The Morgan fingerprint density at radius 2 is 2.13 bits per heavy atom. The lowest BCUT2D eigenvalue weighted by molar-refractivity contribution is 0.0211. The molecule has 4 rings (SSSR count). The summed E-state index contributed by atoms with van der Waals surface area (Å²) in [6.45, 7) is 6.27. The first-order valence-corrected chi connectivity index (χ1v) is 10.9. The zero-order valence-corrected chi connectivity index (χ0v) is 17.6.